The molecule has 1 aromatic carbocycles. The third kappa shape index (κ3) is 24.5. The van der Waals surface area contributed by atoms with Gasteiger partial charge in [-0.2, -0.15) is 0 Å². The summed E-state index contributed by atoms with van der Waals surface area (Å²) in [5.41, 5.74) is 28.3. The van der Waals surface area contributed by atoms with E-state index in [2.05, 4.69) is 47.5 Å². The number of aliphatic hydroxyl groups excluding tert-OH is 2. The lowest BCUT2D eigenvalue weighted by molar-refractivity contribution is -0.144. The maximum Gasteiger partial charge on any atom is 0.326 e. The van der Waals surface area contributed by atoms with E-state index in [0.29, 0.717) is 24.8 Å². The smallest absolute Gasteiger partial charge is 0.326 e. The zero-order chi connectivity index (χ0) is 58.0. The van der Waals surface area contributed by atoms with Crippen LogP contribution in [-0.2, 0) is 54.4 Å². The standard InChI is InChI=1S/C48H82N14O14/c1-8-24(4)36(47(75)76)60-43(71)33(21-28-14-16-29(65)17-15-28)58-45(73)38(27(7)64)62-44(72)34(22-35(51)66)59-46(74)37(26(6)63)61-42(70)31(12-9-10-18-49)56-39(67)25(5)55-41(69)32(13-11-19-54-48(52)53)57-40(68)30(50)20-23(2)3/h14-17,23-27,30-34,36-38,63-65H,8-13,18-22,49-50H2,1-7H3,(H2,51,66)(H,55,69)(H,56,67)(H,57,68)(H,58,73)(H,59,74)(H,60,71)(H,61,70)(H,62,72)(H,75,76)(H4,52,53,54)/t24-,25-,26+,27+,30-,31-,32-,33-,34-,36-,37-,38-/m0/s1. The quantitative estimate of drug-likeness (QED) is 0.0172. The molecule has 9 amide bonds. The van der Waals surface area contributed by atoms with E-state index in [1.165, 1.54) is 31.2 Å². The first kappa shape index (κ1) is 66.8. The Morgan fingerprint density at radius 1 is 0.579 bits per heavy atom. The maximum absolute atomic E-state index is 13.9. The number of primary amides is 1. The molecule has 0 radical (unpaired) electrons. The Kier molecular flexibility index (Phi) is 29.6. The van der Waals surface area contributed by atoms with Crippen LogP contribution >= 0.6 is 0 Å². The molecule has 22 N–H and O–H groups in total. The molecule has 0 saturated heterocycles. The highest BCUT2D eigenvalue weighted by atomic mass is 16.4. The highest BCUT2D eigenvalue weighted by Gasteiger charge is 2.37. The van der Waals surface area contributed by atoms with Gasteiger partial charge in [-0.3, -0.25) is 48.1 Å². The highest BCUT2D eigenvalue weighted by molar-refractivity contribution is 5.99. The number of carboxylic acids is 1. The van der Waals surface area contributed by atoms with Crippen molar-refractivity contribution in [2.45, 2.75) is 173 Å². The molecular weight excluding hydrogens is 997 g/mol. The van der Waals surface area contributed by atoms with Crippen molar-refractivity contribution in [3.05, 3.63) is 29.8 Å². The van der Waals surface area contributed by atoms with Gasteiger partial charge in [0, 0.05) is 13.0 Å². The molecule has 428 valence electrons. The molecule has 1 aromatic rings. The number of phenolic OH excluding ortho intramolecular Hbond substituents is 1. The fraction of sp³-hybridized carbons (Fsp3) is 0.646. The Labute approximate surface area is 442 Å². The summed E-state index contributed by atoms with van der Waals surface area (Å²) < 4.78 is 0. The van der Waals surface area contributed by atoms with Gasteiger partial charge in [0.15, 0.2) is 5.96 Å². The van der Waals surface area contributed by atoms with Gasteiger partial charge in [0.25, 0.3) is 0 Å². The molecule has 0 aromatic heterocycles. The number of aliphatic carboxylic acids is 1. The summed E-state index contributed by atoms with van der Waals surface area (Å²) in [7, 11) is 0. The van der Waals surface area contributed by atoms with Crippen LogP contribution in [0, 0.1) is 11.8 Å². The summed E-state index contributed by atoms with van der Waals surface area (Å²) in [5.74, 6) is -11.2. The average molecular weight is 1080 g/mol. The molecule has 76 heavy (non-hydrogen) atoms. The zero-order valence-corrected chi connectivity index (χ0v) is 44.3. The number of phenols is 1. The van der Waals surface area contributed by atoms with Gasteiger partial charge in [0.05, 0.1) is 24.7 Å². The number of nitrogens with zero attached hydrogens (tertiary/aromatic N) is 1. The van der Waals surface area contributed by atoms with Crippen LogP contribution in [0.2, 0.25) is 0 Å². The Hall–Kier alpha value is -7.17. The second-order valence-electron chi connectivity index (χ2n) is 19.1. The lowest BCUT2D eigenvalue weighted by atomic mass is 9.98. The minimum atomic E-state index is -1.92. The van der Waals surface area contributed by atoms with E-state index < -0.39 is 138 Å². The van der Waals surface area contributed by atoms with Crippen LogP contribution in [-0.4, -0.2) is 165 Å². The number of carboxylic acid groups (broad SMARTS) is 1. The van der Waals surface area contributed by atoms with Gasteiger partial charge in [0.1, 0.15) is 54.1 Å². The number of unbranched alkanes of at least 4 members (excludes halogenated alkanes) is 1. The maximum atomic E-state index is 13.9. The Balaban J connectivity index is 3.39. The van der Waals surface area contributed by atoms with E-state index in [1.54, 1.807) is 13.8 Å². The Morgan fingerprint density at radius 3 is 1.51 bits per heavy atom. The molecule has 0 unspecified atom stereocenters. The lowest BCUT2D eigenvalue weighted by Gasteiger charge is -2.29. The predicted molar refractivity (Wildman–Crippen MR) is 277 cm³/mol. The fourth-order valence-electron chi connectivity index (χ4n) is 7.37. The second kappa shape index (κ2) is 33.7. The van der Waals surface area contributed by atoms with Gasteiger partial charge in [-0.1, -0.05) is 46.2 Å². The summed E-state index contributed by atoms with van der Waals surface area (Å²) in [6.07, 6.45) is -3.04. The number of aliphatic imine (C=N–C) groups is 1. The predicted octanol–water partition coefficient (Wildman–Crippen LogP) is -4.84. The van der Waals surface area contributed by atoms with Crippen molar-refractivity contribution in [3.8, 4) is 5.75 Å². The van der Waals surface area contributed by atoms with E-state index >= 15 is 0 Å². The minimum absolute atomic E-state index is 0.0442. The topological polar surface area (TPSA) is 490 Å². The number of guanidine groups is 1. The fourth-order valence-corrected chi connectivity index (χ4v) is 7.37. The summed E-state index contributed by atoms with van der Waals surface area (Å²) in [6, 6.07) is -7.95. The van der Waals surface area contributed by atoms with Crippen LogP contribution in [0.1, 0.15) is 105 Å². The molecule has 0 bridgehead atoms. The third-order valence-corrected chi connectivity index (χ3v) is 11.9. The molecule has 0 fully saturated rings. The number of nitrogens with one attached hydrogen (secondary N) is 8. The van der Waals surface area contributed by atoms with Gasteiger partial charge in [-0.05, 0) is 95.4 Å². The Bertz CT molecular complexity index is 2140. The number of rotatable bonds is 35. The number of hydrogen-bond acceptors (Lipinski definition) is 16. The molecule has 1 rings (SSSR count). The molecule has 0 aliphatic heterocycles. The van der Waals surface area contributed by atoms with Crippen molar-refractivity contribution in [2.75, 3.05) is 13.1 Å². The van der Waals surface area contributed by atoms with E-state index in [-0.39, 0.29) is 62.8 Å². The summed E-state index contributed by atoms with van der Waals surface area (Å²) in [6.45, 7) is 10.9. The normalized spacial score (nSPS) is 15.9. The molecule has 0 aliphatic carbocycles. The minimum Gasteiger partial charge on any atom is -0.508 e. The van der Waals surface area contributed by atoms with Crippen molar-refractivity contribution < 1.29 is 68.4 Å². The molecule has 28 nitrogen and oxygen atoms in total. The first-order valence-corrected chi connectivity index (χ1v) is 25.1. The number of carbonyl (C=O) groups excluding carboxylic acids is 9. The van der Waals surface area contributed by atoms with Crippen molar-refractivity contribution in [2.24, 2.45) is 45.5 Å². The second-order valence-corrected chi connectivity index (χ2v) is 19.1. The van der Waals surface area contributed by atoms with Crippen molar-refractivity contribution in [1.82, 2.24) is 42.5 Å². The van der Waals surface area contributed by atoms with Gasteiger partial charge in [-0.25, -0.2) is 4.79 Å². The lowest BCUT2D eigenvalue weighted by Crippen LogP contribution is -2.63. The molecule has 12 atom stereocenters. The number of aromatic hydroxyl groups is 1. The molecule has 0 saturated carbocycles. The van der Waals surface area contributed by atoms with E-state index in [1.807, 2.05) is 13.8 Å². The zero-order valence-electron chi connectivity index (χ0n) is 44.3. The van der Waals surface area contributed by atoms with Crippen molar-refractivity contribution >= 4 is 65.1 Å². The van der Waals surface area contributed by atoms with Crippen LogP contribution < -0.4 is 71.2 Å². The van der Waals surface area contributed by atoms with E-state index in [4.69, 9.17) is 28.7 Å². The van der Waals surface area contributed by atoms with Gasteiger partial charge in [-0.15, -0.1) is 0 Å². The van der Waals surface area contributed by atoms with Crippen LogP contribution in [0.5, 0.6) is 5.75 Å². The van der Waals surface area contributed by atoms with Crippen LogP contribution in [0.25, 0.3) is 0 Å². The van der Waals surface area contributed by atoms with Gasteiger partial charge < -0.3 is 91.6 Å². The summed E-state index contributed by atoms with van der Waals surface area (Å²) in [5, 5.41) is 60.3. The van der Waals surface area contributed by atoms with Gasteiger partial charge >= 0.3 is 5.97 Å². The molecule has 0 heterocycles. The summed E-state index contributed by atoms with van der Waals surface area (Å²) >= 11 is 0. The number of aliphatic hydroxyl groups is 2. The van der Waals surface area contributed by atoms with E-state index in [0.717, 1.165) is 13.8 Å². The van der Waals surface area contributed by atoms with E-state index in [9.17, 15) is 68.4 Å². The first-order valence-electron chi connectivity index (χ1n) is 25.1. The first-order chi connectivity index (χ1) is 35.5. The molecular formula is C48H82N14O14. The third-order valence-electron chi connectivity index (χ3n) is 11.9. The van der Waals surface area contributed by atoms with Crippen molar-refractivity contribution in [1.29, 1.82) is 0 Å². The van der Waals surface area contributed by atoms with Crippen LogP contribution in [0.4, 0.5) is 0 Å². The SMILES string of the molecule is CC[C@H](C)[C@H](NC(=O)[C@H](Cc1ccc(O)cc1)NC(=O)[C@@H](NC(=O)[C@H](CC(N)=O)NC(=O)[C@@H](NC(=O)[C@H](CCCCN)NC(=O)[C@H](C)NC(=O)[C@H](CCCN=C(N)N)NC(=O)[C@@H](N)CC(C)C)[C@@H](C)O)[C@@H](C)O)C(=O)O. The largest absolute Gasteiger partial charge is 0.508 e. The number of benzene rings is 1. The number of carbonyl (C=O) groups is 10. The van der Waals surface area contributed by atoms with Gasteiger partial charge in [0.2, 0.25) is 53.2 Å². The molecule has 0 aliphatic rings. The number of nitrogens with two attached hydrogens (primary N) is 5. The Morgan fingerprint density at radius 2 is 1.04 bits per heavy atom. The monoisotopic (exact) mass is 1080 g/mol. The highest BCUT2D eigenvalue weighted by Crippen LogP contribution is 2.14. The van der Waals surface area contributed by atoms with Crippen LogP contribution in [0.15, 0.2) is 29.3 Å². The molecule has 28 heteroatoms. The average Bonchev–Trinajstić information content (AvgIpc) is 3.33. The van der Waals surface area contributed by atoms with Crippen LogP contribution in [0.3, 0.4) is 0 Å². The summed E-state index contributed by atoms with van der Waals surface area (Å²) in [4.78, 5) is 137. The number of amides is 9. The molecule has 0 spiro atoms. The number of hydrogen-bond donors (Lipinski definition) is 17. The van der Waals surface area contributed by atoms with Crippen molar-refractivity contribution in [3.63, 3.8) is 0 Å².